The fourth-order valence-corrected chi connectivity index (χ4v) is 2.50. The molecule has 0 saturated heterocycles. The van der Waals surface area contributed by atoms with E-state index in [4.69, 9.17) is 5.11 Å². The molecule has 0 unspecified atom stereocenters. The van der Waals surface area contributed by atoms with E-state index in [1.54, 1.807) is 0 Å². The zero-order chi connectivity index (χ0) is 15.2. The summed E-state index contributed by atoms with van der Waals surface area (Å²) in [5, 5.41) is 8.61. The molecule has 1 aromatic rings. The van der Waals surface area contributed by atoms with E-state index < -0.39 is 25.2 Å². The number of aliphatic carboxylic acids is 1. The van der Waals surface area contributed by atoms with Gasteiger partial charge in [-0.25, -0.2) is 0 Å². The fourth-order valence-electron chi connectivity index (χ4n) is 1.59. The molecule has 1 rings (SSSR count). The summed E-state index contributed by atoms with van der Waals surface area (Å²) in [5.41, 5.74) is 1.11. The molecule has 0 aromatic heterocycles. The first-order chi connectivity index (χ1) is 9.26. The molecule has 112 valence electrons. The van der Waals surface area contributed by atoms with Crippen LogP contribution in [0.3, 0.4) is 0 Å². The van der Waals surface area contributed by atoms with Gasteiger partial charge in [0.15, 0.2) is 0 Å². The molecule has 0 amide bonds. The van der Waals surface area contributed by atoms with Crippen LogP contribution in [0.25, 0.3) is 0 Å². The molecular formula is C13H16F3NO2S. The van der Waals surface area contributed by atoms with Crippen LogP contribution in [0.15, 0.2) is 29.2 Å². The number of benzene rings is 1. The normalized spacial score (nSPS) is 11.8. The maximum atomic E-state index is 12.3. The van der Waals surface area contributed by atoms with Crippen molar-refractivity contribution in [2.45, 2.75) is 18.0 Å². The fraction of sp³-hybridized carbons (Fsp3) is 0.462. The number of carboxylic acid groups (broad SMARTS) is 1. The highest BCUT2D eigenvalue weighted by molar-refractivity contribution is 7.99. The number of thioether (sulfide) groups is 1. The van der Waals surface area contributed by atoms with Gasteiger partial charge >= 0.3 is 12.1 Å². The van der Waals surface area contributed by atoms with E-state index in [1.165, 1.54) is 11.8 Å². The Morgan fingerprint density at radius 3 is 2.40 bits per heavy atom. The lowest BCUT2D eigenvalue weighted by Crippen LogP contribution is -2.39. The van der Waals surface area contributed by atoms with E-state index in [0.717, 1.165) is 15.4 Å². The molecule has 0 heterocycles. The van der Waals surface area contributed by atoms with Gasteiger partial charge in [0.1, 0.15) is 0 Å². The molecular weight excluding hydrogens is 291 g/mol. The van der Waals surface area contributed by atoms with Crippen LogP contribution in [0.4, 0.5) is 13.2 Å². The van der Waals surface area contributed by atoms with E-state index in [0.29, 0.717) is 5.75 Å². The first-order valence-electron chi connectivity index (χ1n) is 5.96. The van der Waals surface area contributed by atoms with Crippen molar-refractivity contribution in [1.82, 2.24) is 4.90 Å². The molecule has 0 bridgehead atoms. The summed E-state index contributed by atoms with van der Waals surface area (Å²) in [6, 6.07) is 7.64. The average molecular weight is 307 g/mol. The number of aryl methyl sites for hydroxylation is 1. The van der Waals surface area contributed by atoms with Gasteiger partial charge in [0.25, 0.3) is 0 Å². The third-order valence-electron chi connectivity index (χ3n) is 2.46. The topological polar surface area (TPSA) is 40.5 Å². The van der Waals surface area contributed by atoms with E-state index in [2.05, 4.69) is 0 Å². The molecule has 0 saturated carbocycles. The monoisotopic (exact) mass is 307 g/mol. The van der Waals surface area contributed by atoms with Crippen molar-refractivity contribution in [3.05, 3.63) is 29.8 Å². The summed E-state index contributed by atoms with van der Waals surface area (Å²) in [6.07, 6.45) is -4.38. The SMILES string of the molecule is Cc1ccc(SCCN(CC(=O)O)CC(F)(F)F)cc1. The molecule has 0 radical (unpaired) electrons. The van der Waals surface area contributed by atoms with Crippen molar-refractivity contribution < 1.29 is 23.1 Å². The standard InChI is InChI=1S/C13H16F3NO2S/c1-10-2-4-11(5-3-10)20-7-6-17(8-12(18)19)9-13(14,15)16/h2-5H,6-9H2,1H3,(H,18,19). The van der Waals surface area contributed by atoms with Crippen LogP contribution in [-0.4, -0.2) is 47.5 Å². The van der Waals surface area contributed by atoms with Crippen LogP contribution >= 0.6 is 11.8 Å². The summed E-state index contributed by atoms with van der Waals surface area (Å²) in [7, 11) is 0. The molecule has 1 aromatic carbocycles. The van der Waals surface area contributed by atoms with Crippen molar-refractivity contribution in [3.63, 3.8) is 0 Å². The summed E-state index contributed by atoms with van der Waals surface area (Å²) in [4.78, 5) is 12.4. The Balaban J connectivity index is 2.45. The lowest BCUT2D eigenvalue weighted by atomic mass is 10.2. The Bertz CT molecular complexity index is 434. The summed E-state index contributed by atoms with van der Waals surface area (Å²) < 4.78 is 36.9. The van der Waals surface area contributed by atoms with E-state index in [9.17, 15) is 18.0 Å². The number of hydrogen-bond donors (Lipinski definition) is 1. The van der Waals surface area contributed by atoms with Crippen LogP contribution < -0.4 is 0 Å². The van der Waals surface area contributed by atoms with Crippen LogP contribution in [0.2, 0.25) is 0 Å². The maximum absolute atomic E-state index is 12.3. The zero-order valence-corrected chi connectivity index (χ0v) is 11.8. The van der Waals surface area contributed by atoms with Crippen LogP contribution in [0, 0.1) is 6.92 Å². The Hall–Kier alpha value is -1.21. The lowest BCUT2D eigenvalue weighted by molar-refractivity contribution is -0.153. The quantitative estimate of drug-likeness (QED) is 0.786. The zero-order valence-electron chi connectivity index (χ0n) is 11.0. The van der Waals surface area contributed by atoms with Crippen LogP contribution in [-0.2, 0) is 4.79 Å². The Labute approximate surface area is 119 Å². The molecule has 1 N–H and O–H groups in total. The van der Waals surface area contributed by atoms with Crippen molar-refractivity contribution in [2.75, 3.05) is 25.4 Å². The number of halogens is 3. The molecule has 0 aliphatic rings. The second-order valence-corrected chi connectivity index (χ2v) is 5.55. The second kappa shape index (κ2) is 7.54. The van der Waals surface area contributed by atoms with Crippen LogP contribution in [0.5, 0.6) is 0 Å². The van der Waals surface area contributed by atoms with Gasteiger partial charge in [-0.1, -0.05) is 17.7 Å². The largest absolute Gasteiger partial charge is 0.480 e. The molecule has 0 spiro atoms. The van der Waals surface area contributed by atoms with Gasteiger partial charge in [0.05, 0.1) is 13.1 Å². The number of hydrogen-bond acceptors (Lipinski definition) is 3. The third-order valence-corrected chi connectivity index (χ3v) is 3.45. The van der Waals surface area contributed by atoms with Gasteiger partial charge in [-0.15, -0.1) is 11.8 Å². The molecule has 0 aliphatic heterocycles. The van der Waals surface area contributed by atoms with Crippen LogP contribution in [0.1, 0.15) is 5.56 Å². The minimum atomic E-state index is -4.38. The first kappa shape index (κ1) is 16.8. The van der Waals surface area contributed by atoms with Gasteiger partial charge in [0.2, 0.25) is 0 Å². The third kappa shape index (κ3) is 7.40. The van der Waals surface area contributed by atoms with Gasteiger partial charge < -0.3 is 5.11 Å². The Kier molecular flexibility index (Phi) is 6.35. The maximum Gasteiger partial charge on any atom is 0.401 e. The van der Waals surface area contributed by atoms with Gasteiger partial charge in [0, 0.05) is 17.2 Å². The van der Waals surface area contributed by atoms with Crippen molar-refractivity contribution in [3.8, 4) is 0 Å². The molecule has 3 nitrogen and oxygen atoms in total. The smallest absolute Gasteiger partial charge is 0.401 e. The molecule has 0 atom stereocenters. The number of carbonyl (C=O) groups is 1. The molecule has 0 aliphatic carbocycles. The predicted octanol–water partition coefficient (Wildman–Crippen LogP) is 3.04. The van der Waals surface area contributed by atoms with E-state index >= 15 is 0 Å². The second-order valence-electron chi connectivity index (χ2n) is 4.38. The minimum Gasteiger partial charge on any atom is -0.480 e. The Morgan fingerprint density at radius 1 is 1.30 bits per heavy atom. The molecule has 0 fully saturated rings. The number of carboxylic acids is 1. The van der Waals surface area contributed by atoms with E-state index in [1.807, 2.05) is 31.2 Å². The number of alkyl halides is 3. The van der Waals surface area contributed by atoms with Crippen molar-refractivity contribution >= 4 is 17.7 Å². The summed E-state index contributed by atoms with van der Waals surface area (Å²) in [6.45, 7) is 0.221. The number of rotatable bonds is 7. The minimum absolute atomic E-state index is 0.0738. The van der Waals surface area contributed by atoms with Gasteiger partial charge in [-0.05, 0) is 19.1 Å². The van der Waals surface area contributed by atoms with E-state index in [-0.39, 0.29) is 6.54 Å². The first-order valence-corrected chi connectivity index (χ1v) is 6.95. The highest BCUT2D eigenvalue weighted by Gasteiger charge is 2.31. The van der Waals surface area contributed by atoms with Crippen molar-refractivity contribution in [2.24, 2.45) is 0 Å². The van der Waals surface area contributed by atoms with Gasteiger partial charge in [-0.2, -0.15) is 13.2 Å². The molecule has 20 heavy (non-hydrogen) atoms. The highest BCUT2D eigenvalue weighted by atomic mass is 32.2. The lowest BCUT2D eigenvalue weighted by Gasteiger charge is -2.21. The molecule has 7 heteroatoms. The number of nitrogens with zero attached hydrogens (tertiary/aromatic N) is 1. The average Bonchev–Trinajstić information content (AvgIpc) is 2.28. The highest BCUT2D eigenvalue weighted by Crippen LogP contribution is 2.20. The summed E-state index contributed by atoms with van der Waals surface area (Å²) >= 11 is 1.41. The summed E-state index contributed by atoms with van der Waals surface area (Å²) in [5.74, 6) is -0.846. The predicted molar refractivity (Wildman–Crippen MR) is 72.0 cm³/mol. The van der Waals surface area contributed by atoms with Crippen molar-refractivity contribution in [1.29, 1.82) is 0 Å². The Morgan fingerprint density at radius 2 is 1.90 bits per heavy atom. The van der Waals surface area contributed by atoms with Gasteiger partial charge in [-0.3, -0.25) is 9.69 Å².